The third-order valence-corrected chi connectivity index (χ3v) is 4.84. The van der Waals surface area contributed by atoms with Crippen molar-refractivity contribution in [2.75, 3.05) is 23.3 Å². The molecule has 3 aromatic rings. The Morgan fingerprint density at radius 3 is 2.72 bits per heavy atom. The van der Waals surface area contributed by atoms with E-state index in [1.54, 1.807) is 28.4 Å². The van der Waals surface area contributed by atoms with E-state index in [9.17, 15) is 4.79 Å². The third-order valence-electron chi connectivity index (χ3n) is 4.11. The van der Waals surface area contributed by atoms with E-state index in [0.29, 0.717) is 18.1 Å². The normalized spacial score (nSPS) is 14.0. The smallest absolute Gasteiger partial charge is 0.250 e. The molecule has 0 bridgehead atoms. The van der Waals surface area contributed by atoms with Crippen LogP contribution < -0.4 is 10.2 Å². The number of anilines is 2. The van der Waals surface area contributed by atoms with Gasteiger partial charge in [-0.3, -0.25) is 4.79 Å². The SMILES string of the molecule is O=C(Cc1ccsc1)Nc1cnn(-c2ncc(N3CCCC3)cn2)c1. The zero-order valence-corrected chi connectivity index (χ0v) is 14.4. The molecule has 0 aromatic carbocycles. The predicted molar refractivity (Wildman–Crippen MR) is 97.3 cm³/mol. The van der Waals surface area contributed by atoms with Gasteiger partial charge in [0, 0.05) is 13.1 Å². The second-order valence-corrected chi connectivity index (χ2v) is 6.75. The van der Waals surface area contributed by atoms with Gasteiger partial charge in [-0.15, -0.1) is 0 Å². The van der Waals surface area contributed by atoms with E-state index < -0.39 is 0 Å². The summed E-state index contributed by atoms with van der Waals surface area (Å²) in [6, 6.07) is 1.95. The van der Waals surface area contributed by atoms with Crippen molar-refractivity contribution in [1.82, 2.24) is 19.7 Å². The minimum Gasteiger partial charge on any atom is -0.369 e. The lowest BCUT2D eigenvalue weighted by Gasteiger charge is -2.16. The highest BCUT2D eigenvalue weighted by Crippen LogP contribution is 2.18. The molecule has 1 aliphatic rings. The fourth-order valence-corrected chi connectivity index (χ4v) is 3.52. The number of hydrogen-bond acceptors (Lipinski definition) is 6. The molecule has 0 atom stereocenters. The number of hydrogen-bond donors (Lipinski definition) is 1. The molecule has 0 unspecified atom stereocenters. The first-order valence-corrected chi connectivity index (χ1v) is 9.15. The van der Waals surface area contributed by atoms with Crippen LogP contribution in [0.3, 0.4) is 0 Å². The van der Waals surface area contributed by atoms with Gasteiger partial charge in [-0.05, 0) is 35.2 Å². The first kappa shape index (κ1) is 15.8. The van der Waals surface area contributed by atoms with Crippen molar-refractivity contribution in [3.63, 3.8) is 0 Å². The summed E-state index contributed by atoms with van der Waals surface area (Å²) in [7, 11) is 0. The van der Waals surface area contributed by atoms with Crippen molar-refractivity contribution >= 4 is 28.6 Å². The van der Waals surface area contributed by atoms with Crippen molar-refractivity contribution in [3.05, 3.63) is 47.2 Å². The molecule has 0 saturated carbocycles. The van der Waals surface area contributed by atoms with Gasteiger partial charge in [-0.1, -0.05) is 0 Å². The van der Waals surface area contributed by atoms with Crippen LogP contribution >= 0.6 is 11.3 Å². The highest BCUT2D eigenvalue weighted by molar-refractivity contribution is 7.08. The van der Waals surface area contributed by atoms with E-state index in [-0.39, 0.29) is 5.91 Å². The van der Waals surface area contributed by atoms with Crippen molar-refractivity contribution < 1.29 is 4.79 Å². The fraction of sp³-hybridized carbons (Fsp3) is 0.294. The standard InChI is InChI=1S/C17H18N6OS/c24-16(7-13-3-6-25-12-13)21-14-8-20-23(11-14)17-18-9-15(10-19-17)22-4-1-2-5-22/h3,6,8-12H,1-2,4-5,7H2,(H,21,24). The largest absolute Gasteiger partial charge is 0.369 e. The summed E-state index contributed by atoms with van der Waals surface area (Å²) in [4.78, 5) is 23.1. The lowest BCUT2D eigenvalue weighted by Crippen LogP contribution is -2.18. The van der Waals surface area contributed by atoms with E-state index in [1.165, 1.54) is 12.8 Å². The second-order valence-electron chi connectivity index (χ2n) is 5.97. The van der Waals surface area contributed by atoms with Crippen molar-refractivity contribution in [1.29, 1.82) is 0 Å². The lowest BCUT2D eigenvalue weighted by atomic mass is 10.2. The molecule has 8 heteroatoms. The number of thiophene rings is 1. The van der Waals surface area contributed by atoms with E-state index >= 15 is 0 Å². The molecule has 1 amide bonds. The van der Waals surface area contributed by atoms with Gasteiger partial charge in [-0.2, -0.15) is 16.4 Å². The van der Waals surface area contributed by atoms with Crippen LogP contribution in [-0.2, 0) is 11.2 Å². The fourth-order valence-electron chi connectivity index (χ4n) is 2.85. The number of rotatable bonds is 5. The molecule has 3 aromatic heterocycles. The van der Waals surface area contributed by atoms with Crippen molar-refractivity contribution in [3.8, 4) is 5.95 Å². The first-order valence-electron chi connectivity index (χ1n) is 8.21. The highest BCUT2D eigenvalue weighted by Gasteiger charge is 2.13. The van der Waals surface area contributed by atoms with Crippen LogP contribution in [-0.4, -0.2) is 38.7 Å². The molecule has 4 heterocycles. The molecule has 1 aliphatic heterocycles. The number of carbonyl (C=O) groups excluding carboxylic acids is 1. The van der Waals surface area contributed by atoms with Crippen LogP contribution in [0, 0.1) is 0 Å². The maximum Gasteiger partial charge on any atom is 0.250 e. The van der Waals surface area contributed by atoms with Crippen LogP contribution in [0.25, 0.3) is 5.95 Å². The van der Waals surface area contributed by atoms with Gasteiger partial charge in [0.15, 0.2) is 0 Å². The molecule has 0 spiro atoms. The Kier molecular flexibility index (Phi) is 4.43. The Balaban J connectivity index is 1.41. The molecule has 7 nitrogen and oxygen atoms in total. The molecule has 0 radical (unpaired) electrons. The lowest BCUT2D eigenvalue weighted by molar-refractivity contribution is -0.115. The average molecular weight is 354 g/mol. The van der Waals surface area contributed by atoms with Crippen molar-refractivity contribution in [2.24, 2.45) is 0 Å². The maximum absolute atomic E-state index is 12.0. The number of aromatic nitrogens is 4. The van der Waals surface area contributed by atoms with Crippen LogP contribution in [0.2, 0.25) is 0 Å². The minimum absolute atomic E-state index is 0.0664. The molecular weight excluding hydrogens is 336 g/mol. The van der Waals surface area contributed by atoms with Gasteiger partial charge in [0.05, 0.1) is 42.6 Å². The third kappa shape index (κ3) is 3.69. The van der Waals surface area contributed by atoms with Crippen LogP contribution in [0.5, 0.6) is 0 Å². The van der Waals surface area contributed by atoms with E-state index in [1.807, 2.05) is 29.2 Å². The molecule has 128 valence electrons. The molecule has 4 rings (SSSR count). The zero-order chi connectivity index (χ0) is 17.1. The highest BCUT2D eigenvalue weighted by atomic mass is 32.1. The number of amides is 1. The topological polar surface area (TPSA) is 75.9 Å². The van der Waals surface area contributed by atoms with E-state index in [4.69, 9.17) is 0 Å². The number of carbonyl (C=O) groups is 1. The zero-order valence-electron chi connectivity index (χ0n) is 13.6. The van der Waals surface area contributed by atoms with Gasteiger partial charge in [0.2, 0.25) is 5.91 Å². The minimum atomic E-state index is -0.0664. The van der Waals surface area contributed by atoms with Gasteiger partial charge in [0.25, 0.3) is 5.95 Å². The summed E-state index contributed by atoms with van der Waals surface area (Å²) in [6.45, 7) is 2.12. The number of nitrogens with one attached hydrogen (secondary N) is 1. The van der Waals surface area contributed by atoms with Gasteiger partial charge in [-0.25, -0.2) is 14.6 Å². The molecule has 0 aliphatic carbocycles. The quantitative estimate of drug-likeness (QED) is 0.762. The number of nitrogens with zero attached hydrogens (tertiary/aromatic N) is 5. The summed E-state index contributed by atoms with van der Waals surface area (Å²) in [5.41, 5.74) is 2.68. The molecule has 1 fully saturated rings. The Labute approximate surface area is 149 Å². The average Bonchev–Trinajstić information content (AvgIpc) is 3.38. The summed E-state index contributed by atoms with van der Waals surface area (Å²) in [5.74, 6) is 0.421. The van der Waals surface area contributed by atoms with Crippen LogP contribution in [0.15, 0.2) is 41.6 Å². The van der Waals surface area contributed by atoms with E-state index in [0.717, 1.165) is 24.3 Å². The summed E-state index contributed by atoms with van der Waals surface area (Å²) >= 11 is 1.58. The monoisotopic (exact) mass is 354 g/mol. The molecule has 25 heavy (non-hydrogen) atoms. The first-order chi connectivity index (χ1) is 12.3. The summed E-state index contributed by atoms with van der Waals surface area (Å²) < 4.78 is 1.56. The van der Waals surface area contributed by atoms with E-state index in [2.05, 4.69) is 25.3 Å². The van der Waals surface area contributed by atoms with Crippen LogP contribution in [0.1, 0.15) is 18.4 Å². The Morgan fingerprint density at radius 1 is 1.20 bits per heavy atom. The Hall–Kier alpha value is -2.74. The predicted octanol–water partition coefficient (Wildman–Crippen LogP) is 2.51. The molecule has 1 saturated heterocycles. The molecular formula is C17H18N6OS. The summed E-state index contributed by atoms with van der Waals surface area (Å²) in [6.07, 6.45) is 9.76. The maximum atomic E-state index is 12.0. The van der Waals surface area contributed by atoms with Gasteiger partial charge >= 0.3 is 0 Å². The second kappa shape index (κ2) is 7.02. The Morgan fingerprint density at radius 2 is 2.00 bits per heavy atom. The van der Waals surface area contributed by atoms with Gasteiger partial charge in [0.1, 0.15) is 0 Å². The summed E-state index contributed by atoms with van der Waals surface area (Å²) in [5, 5.41) is 11.0. The van der Waals surface area contributed by atoms with Crippen molar-refractivity contribution in [2.45, 2.75) is 19.3 Å². The van der Waals surface area contributed by atoms with Gasteiger partial charge < -0.3 is 10.2 Å². The van der Waals surface area contributed by atoms with Crippen LogP contribution in [0.4, 0.5) is 11.4 Å². The Bertz CT molecular complexity index is 836. The molecule has 1 N–H and O–H groups in total.